The summed E-state index contributed by atoms with van der Waals surface area (Å²) in [4.78, 5) is 22.9. The number of amides is 1. The maximum Gasteiger partial charge on any atom is 0.220 e. The number of carbonyl (C=O) groups excluding carboxylic acids is 1. The van der Waals surface area contributed by atoms with Crippen molar-refractivity contribution in [2.45, 2.75) is 24.4 Å². The van der Waals surface area contributed by atoms with Crippen LogP contribution >= 0.6 is 11.8 Å². The Hall–Kier alpha value is -3.01. The Morgan fingerprint density at radius 1 is 1.00 bits per heavy atom. The first-order valence-corrected chi connectivity index (χ1v) is 13.7. The summed E-state index contributed by atoms with van der Waals surface area (Å²) in [7, 11) is 3.33. The van der Waals surface area contributed by atoms with Crippen LogP contribution in [-0.4, -0.2) is 80.1 Å². The molecule has 9 heteroatoms. The molecule has 0 saturated carbocycles. The molecule has 1 fully saturated rings. The van der Waals surface area contributed by atoms with Gasteiger partial charge in [-0.15, -0.1) is 0 Å². The molecule has 3 aromatic rings. The fourth-order valence-corrected chi connectivity index (χ4v) is 5.04. The van der Waals surface area contributed by atoms with Gasteiger partial charge in [0.1, 0.15) is 11.5 Å². The summed E-state index contributed by atoms with van der Waals surface area (Å²) in [6.45, 7) is 5.04. The van der Waals surface area contributed by atoms with Gasteiger partial charge < -0.3 is 24.5 Å². The highest BCUT2D eigenvalue weighted by Gasteiger charge is 2.15. The van der Waals surface area contributed by atoms with Crippen LogP contribution in [0.3, 0.4) is 0 Å². The number of hydrogen-bond acceptors (Lipinski definition) is 7. The molecular formula is C28H36N4O4S. The number of nitrogens with one attached hydrogen (secondary N) is 2. The zero-order chi connectivity index (χ0) is 25.9. The predicted molar refractivity (Wildman–Crippen MR) is 147 cm³/mol. The highest BCUT2D eigenvalue weighted by molar-refractivity contribution is 7.99. The summed E-state index contributed by atoms with van der Waals surface area (Å²) >= 11 is 1.68. The minimum Gasteiger partial charge on any atom is -0.497 e. The van der Waals surface area contributed by atoms with Crippen LogP contribution in [0.4, 0.5) is 0 Å². The van der Waals surface area contributed by atoms with Crippen LogP contribution in [0.2, 0.25) is 0 Å². The van der Waals surface area contributed by atoms with E-state index in [1.807, 2.05) is 48.5 Å². The lowest BCUT2D eigenvalue weighted by Crippen LogP contribution is -2.41. The first kappa shape index (κ1) is 27.0. The number of aromatic amines is 1. The van der Waals surface area contributed by atoms with E-state index in [4.69, 9.17) is 19.2 Å². The van der Waals surface area contributed by atoms with Crippen molar-refractivity contribution in [3.63, 3.8) is 0 Å². The van der Waals surface area contributed by atoms with Gasteiger partial charge >= 0.3 is 0 Å². The van der Waals surface area contributed by atoms with E-state index in [1.165, 1.54) is 0 Å². The lowest BCUT2D eigenvalue weighted by Gasteiger charge is -2.26. The predicted octanol–water partition coefficient (Wildman–Crippen LogP) is 4.47. The molecule has 1 aromatic heterocycles. The van der Waals surface area contributed by atoms with Crippen LogP contribution < -0.4 is 14.8 Å². The van der Waals surface area contributed by atoms with E-state index in [0.29, 0.717) is 13.0 Å². The molecule has 2 aromatic carbocycles. The van der Waals surface area contributed by atoms with E-state index < -0.39 is 0 Å². The molecule has 0 atom stereocenters. The standard InChI is InChI=1S/C28H36N4O4S/c1-34-23-10-6-21(7-11-23)26-27(22-8-12-24(35-2)13-9-22)31-28(30-26)37-20-4-3-5-25(33)29-14-15-32-16-18-36-19-17-32/h6-13H,3-5,14-20H2,1-2H3,(H,29,33)(H,30,31). The van der Waals surface area contributed by atoms with Crippen molar-refractivity contribution in [2.24, 2.45) is 0 Å². The van der Waals surface area contributed by atoms with Crippen molar-refractivity contribution in [3.05, 3.63) is 48.5 Å². The van der Waals surface area contributed by atoms with Crippen LogP contribution in [0.15, 0.2) is 53.7 Å². The Morgan fingerprint density at radius 3 is 2.30 bits per heavy atom. The van der Waals surface area contributed by atoms with E-state index in [1.54, 1.807) is 26.0 Å². The number of aromatic nitrogens is 2. The minimum atomic E-state index is 0.125. The lowest BCUT2D eigenvalue weighted by molar-refractivity contribution is -0.121. The summed E-state index contributed by atoms with van der Waals surface area (Å²) in [5, 5.41) is 3.90. The number of morpholine rings is 1. The molecule has 4 rings (SSSR count). The van der Waals surface area contributed by atoms with Gasteiger partial charge in [-0.05, 0) is 61.4 Å². The van der Waals surface area contributed by atoms with Crippen LogP contribution in [0.25, 0.3) is 22.5 Å². The summed E-state index contributed by atoms with van der Waals surface area (Å²) in [6, 6.07) is 15.9. The number of rotatable bonds is 13. The molecule has 37 heavy (non-hydrogen) atoms. The Bertz CT molecular complexity index is 1050. The molecule has 2 N–H and O–H groups in total. The van der Waals surface area contributed by atoms with Gasteiger partial charge in [-0.25, -0.2) is 4.98 Å². The van der Waals surface area contributed by atoms with E-state index in [0.717, 1.165) is 90.6 Å². The summed E-state index contributed by atoms with van der Waals surface area (Å²) in [5.74, 6) is 2.64. The van der Waals surface area contributed by atoms with E-state index in [9.17, 15) is 4.79 Å². The molecule has 0 spiro atoms. The van der Waals surface area contributed by atoms with Crippen LogP contribution in [0, 0.1) is 0 Å². The molecule has 0 bridgehead atoms. The van der Waals surface area contributed by atoms with Crippen molar-refractivity contribution in [1.29, 1.82) is 0 Å². The number of ether oxygens (including phenoxy) is 3. The van der Waals surface area contributed by atoms with Gasteiger partial charge in [-0.1, -0.05) is 11.8 Å². The monoisotopic (exact) mass is 524 g/mol. The van der Waals surface area contributed by atoms with Gasteiger partial charge in [0.2, 0.25) is 5.91 Å². The zero-order valence-electron chi connectivity index (χ0n) is 21.6. The Balaban J connectivity index is 1.29. The fourth-order valence-electron chi connectivity index (χ4n) is 4.17. The number of benzene rings is 2. The number of thioether (sulfide) groups is 1. The van der Waals surface area contributed by atoms with Crippen molar-refractivity contribution in [1.82, 2.24) is 20.2 Å². The fraction of sp³-hybridized carbons (Fsp3) is 0.429. The number of carbonyl (C=O) groups is 1. The maximum absolute atomic E-state index is 12.2. The smallest absolute Gasteiger partial charge is 0.220 e. The van der Waals surface area contributed by atoms with Crippen molar-refractivity contribution >= 4 is 17.7 Å². The minimum absolute atomic E-state index is 0.125. The van der Waals surface area contributed by atoms with Crippen LogP contribution in [-0.2, 0) is 9.53 Å². The molecular weight excluding hydrogens is 488 g/mol. The van der Waals surface area contributed by atoms with Crippen molar-refractivity contribution in [3.8, 4) is 34.0 Å². The van der Waals surface area contributed by atoms with Gasteiger partial charge in [0.15, 0.2) is 5.16 Å². The molecule has 0 aliphatic carbocycles. The SMILES string of the molecule is COc1ccc(-c2nc(SCCCCC(=O)NCCN3CCOCC3)[nH]c2-c2ccc(OC)cc2)cc1. The molecule has 1 amide bonds. The quantitative estimate of drug-likeness (QED) is 0.252. The summed E-state index contributed by atoms with van der Waals surface area (Å²) < 4.78 is 16.0. The highest BCUT2D eigenvalue weighted by Crippen LogP contribution is 2.34. The third kappa shape index (κ3) is 7.99. The third-order valence-corrected chi connectivity index (χ3v) is 7.27. The number of methoxy groups -OCH3 is 2. The molecule has 0 unspecified atom stereocenters. The molecule has 8 nitrogen and oxygen atoms in total. The molecule has 0 radical (unpaired) electrons. The van der Waals surface area contributed by atoms with Gasteiger partial charge in [-0.2, -0.15) is 0 Å². The number of unbranched alkanes of at least 4 members (excludes halogenated alkanes) is 1. The molecule has 1 aliphatic rings. The largest absolute Gasteiger partial charge is 0.497 e. The number of imidazole rings is 1. The number of hydrogen-bond donors (Lipinski definition) is 2. The van der Waals surface area contributed by atoms with Gasteiger partial charge in [-0.3, -0.25) is 9.69 Å². The normalized spacial score (nSPS) is 13.9. The second-order valence-electron chi connectivity index (χ2n) is 8.83. The Kier molecular flexibility index (Phi) is 10.3. The van der Waals surface area contributed by atoms with Crippen LogP contribution in [0.1, 0.15) is 19.3 Å². The lowest BCUT2D eigenvalue weighted by atomic mass is 10.0. The van der Waals surface area contributed by atoms with Crippen molar-refractivity contribution < 1.29 is 19.0 Å². The van der Waals surface area contributed by atoms with E-state index in [-0.39, 0.29) is 5.91 Å². The number of H-pyrrole nitrogens is 1. The average molecular weight is 525 g/mol. The second kappa shape index (κ2) is 14.1. The topological polar surface area (TPSA) is 88.7 Å². The maximum atomic E-state index is 12.2. The highest BCUT2D eigenvalue weighted by atomic mass is 32.2. The molecule has 1 aliphatic heterocycles. The van der Waals surface area contributed by atoms with Crippen LogP contribution in [0.5, 0.6) is 11.5 Å². The second-order valence-corrected chi connectivity index (χ2v) is 9.92. The average Bonchev–Trinajstić information content (AvgIpc) is 3.37. The number of nitrogens with zero attached hydrogens (tertiary/aromatic N) is 2. The summed E-state index contributed by atoms with van der Waals surface area (Å²) in [6.07, 6.45) is 2.35. The third-order valence-electron chi connectivity index (χ3n) is 6.32. The van der Waals surface area contributed by atoms with E-state index in [2.05, 4.69) is 15.2 Å². The van der Waals surface area contributed by atoms with Gasteiger partial charge in [0, 0.05) is 49.5 Å². The summed E-state index contributed by atoms with van der Waals surface area (Å²) in [5.41, 5.74) is 3.92. The van der Waals surface area contributed by atoms with Gasteiger partial charge in [0.25, 0.3) is 0 Å². The molecule has 1 saturated heterocycles. The Morgan fingerprint density at radius 2 is 1.65 bits per heavy atom. The van der Waals surface area contributed by atoms with Crippen molar-refractivity contribution in [2.75, 3.05) is 59.4 Å². The van der Waals surface area contributed by atoms with Gasteiger partial charge in [0.05, 0.1) is 38.8 Å². The molecule has 198 valence electrons. The first-order valence-electron chi connectivity index (χ1n) is 12.7. The molecule has 2 heterocycles. The Labute approximate surface area is 223 Å². The zero-order valence-corrected chi connectivity index (χ0v) is 22.4. The first-order chi connectivity index (χ1) is 18.2. The van der Waals surface area contributed by atoms with E-state index >= 15 is 0 Å².